The van der Waals surface area contributed by atoms with E-state index in [1.54, 1.807) is 6.92 Å². The second-order valence-electron chi connectivity index (χ2n) is 1.30. The molecule has 0 aliphatic carbocycles. The van der Waals surface area contributed by atoms with Crippen LogP contribution < -0.4 is 0 Å². The molecule has 1 N–H and O–H groups in total. The van der Waals surface area contributed by atoms with Crippen molar-refractivity contribution in [3.8, 4) is 0 Å². The van der Waals surface area contributed by atoms with Gasteiger partial charge in [-0.25, -0.2) is 0 Å². The average Bonchev–Trinajstić information content (AvgIpc) is 1.84. The summed E-state index contributed by atoms with van der Waals surface area (Å²) in [6.07, 6.45) is 0.922. The van der Waals surface area contributed by atoms with E-state index in [0.717, 1.165) is 6.26 Å². The van der Waals surface area contributed by atoms with Gasteiger partial charge in [-0.3, -0.25) is 0 Å². The van der Waals surface area contributed by atoms with Crippen LogP contribution in [0.4, 0.5) is 0 Å². The summed E-state index contributed by atoms with van der Waals surface area (Å²) in [7, 11) is 1.47. The van der Waals surface area contributed by atoms with Gasteiger partial charge in [0, 0.05) is 35.1 Å². The second kappa shape index (κ2) is 6.55. The Hall–Kier alpha value is 0.430. The number of rotatable bonds is 1. The molecule has 0 bridgehead atoms. The van der Waals surface area contributed by atoms with Crippen LogP contribution >= 0.6 is 12.2 Å². The summed E-state index contributed by atoms with van der Waals surface area (Å²) in [5, 5.41) is 8.63. The van der Waals surface area contributed by atoms with E-state index in [4.69, 9.17) is 5.11 Å². The summed E-state index contributed by atoms with van der Waals surface area (Å²) < 4.78 is 4.61. The van der Waals surface area contributed by atoms with E-state index in [1.165, 1.54) is 7.11 Å². The molecular weight excluding hydrogens is 147 g/mol. The molecule has 9 heavy (non-hydrogen) atoms. The summed E-state index contributed by atoms with van der Waals surface area (Å²) in [5.41, 5.74) is 0.572. The van der Waals surface area contributed by atoms with Gasteiger partial charge in [-0.05, 0) is 19.1 Å². The molecule has 0 atom stereocenters. The van der Waals surface area contributed by atoms with Crippen molar-refractivity contribution in [3.63, 3.8) is 0 Å². The van der Waals surface area contributed by atoms with Crippen LogP contribution in [0.2, 0.25) is 0 Å². The van der Waals surface area contributed by atoms with Crippen LogP contribution in [0.25, 0.3) is 0 Å². The fraction of sp³-hybridized carbons (Fsp3) is 0.400. The number of hydrogen-bond donors (Lipinski definition) is 1. The molecule has 0 amide bonds. The minimum atomic E-state index is 0. The van der Waals surface area contributed by atoms with Gasteiger partial charge in [-0.2, -0.15) is 0 Å². The molecule has 1 radical (unpaired) electrons. The van der Waals surface area contributed by atoms with E-state index in [9.17, 15) is 0 Å². The summed E-state index contributed by atoms with van der Waals surface area (Å²) in [6, 6.07) is 0. The Bertz CT molecular complexity index is 122. The maximum atomic E-state index is 8.31. The quantitative estimate of drug-likeness (QED) is 0.265. The summed E-state index contributed by atoms with van der Waals surface area (Å²) in [4.78, 5) is 0. The maximum Gasteiger partial charge on any atom is 0.189 e. The van der Waals surface area contributed by atoms with Crippen LogP contribution in [0.15, 0.2) is 11.8 Å². The first kappa shape index (κ1) is 12.1. The van der Waals surface area contributed by atoms with Crippen molar-refractivity contribution in [2.24, 2.45) is 0 Å². The standard InChI is InChI=1S/C5H8O2S.Na/c1-4(3-6)5(8)7-2;/h3,6H,1-2H3;. The van der Waals surface area contributed by atoms with Crippen LogP contribution in [0.5, 0.6) is 0 Å². The minimum Gasteiger partial charge on any atom is -0.515 e. The first-order valence-electron chi connectivity index (χ1n) is 2.11. The van der Waals surface area contributed by atoms with E-state index in [-0.39, 0.29) is 29.6 Å². The number of aliphatic hydroxyl groups is 1. The molecule has 0 heterocycles. The zero-order valence-electron chi connectivity index (χ0n) is 5.84. The van der Waals surface area contributed by atoms with Gasteiger partial charge >= 0.3 is 0 Å². The van der Waals surface area contributed by atoms with Crippen LogP contribution in [0.1, 0.15) is 6.92 Å². The van der Waals surface area contributed by atoms with E-state index in [2.05, 4.69) is 17.0 Å². The Morgan fingerprint density at radius 2 is 2.11 bits per heavy atom. The SMILES string of the molecule is COC(=S)C(C)=CO.[Na]. The molecule has 2 nitrogen and oxygen atoms in total. The molecule has 0 aromatic carbocycles. The molecule has 0 fully saturated rings. The molecule has 0 saturated heterocycles. The number of methoxy groups -OCH3 is 1. The third-order valence-electron chi connectivity index (χ3n) is 0.701. The normalized spacial score (nSPS) is 9.78. The minimum absolute atomic E-state index is 0. The number of aliphatic hydroxyl groups excluding tert-OH is 1. The molecule has 0 aromatic heterocycles. The smallest absolute Gasteiger partial charge is 0.189 e. The number of hydrogen-bond acceptors (Lipinski definition) is 3. The van der Waals surface area contributed by atoms with E-state index < -0.39 is 0 Å². The fourth-order valence-electron chi connectivity index (χ4n) is 0.214. The largest absolute Gasteiger partial charge is 0.515 e. The van der Waals surface area contributed by atoms with E-state index in [0.29, 0.717) is 10.6 Å². The van der Waals surface area contributed by atoms with Crippen molar-refractivity contribution in [1.29, 1.82) is 0 Å². The molecular formula is C5H8NaO2S. The Morgan fingerprint density at radius 1 is 1.67 bits per heavy atom. The van der Waals surface area contributed by atoms with Crippen molar-refractivity contribution < 1.29 is 9.84 Å². The van der Waals surface area contributed by atoms with Crippen molar-refractivity contribution in [3.05, 3.63) is 11.8 Å². The monoisotopic (exact) mass is 155 g/mol. The molecule has 0 saturated carbocycles. The predicted molar refractivity (Wildman–Crippen MR) is 41.7 cm³/mol. The topological polar surface area (TPSA) is 29.5 Å². The molecule has 0 spiro atoms. The van der Waals surface area contributed by atoms with Crippen molar-refractivity contribution >= 4 is 46.8 Å². The molecule has 0 aliphatic rings. The van der Waals surface area contributed by atoms with Gasteiger partial charge in [0.05, 0.1) is 13.4 Å². The van der Waals surface area contributed by atoms with Gasteiger partial charge in [-0.1, -0.05) is 0 Å². The van der Waals surface area contributed by atoms with Gasteiger partial charge < -0.3 is 9.84 Å². The summed E-state index contributed by atoms with van der Waals surface area (Å²) in [5.74, 6) is 0. The molecule has 0 aromatic rings. The Kier molecular flexibility index (Phi) is 8.83. The summed E-state index contributed by atoms with van der Waals surface area (Å²) in [6.45, 7) is 1.67. The molecule has 47 valence electrons. The van der Waals surface area contributed by atoms with Crippen molar-refractivity contribution in [2.45, 2.75) is 6.92 Å². The van der Waals surface area contributed by atoms with Crippen molar-refractivity contribution in [1.82, 2.24) is 0 Å². The Balaban J connectivity index is 0. The van der Waals surface area contributed by atoms with Gasteiger partial charge in [0.25, 0.3) is 0 Å². The maximum absolute atomic E-state index is 8.31. The Labute approximate surface area is 82.2 Å². The molecule has 0 aliphatic heterocycles. The predicted octanol–water partition coefficient (Wildman–Crippen LogP) is 1.04. The fourth-order valence-corrected chi connectivity index (χ4v) is 0.266. The summed E-state index contributed by atoms with van der Waals surface area (Å²) >= 11 is 4.63. The van der Waals surface area contributed by atoms with Gasteiger partial charge in [0.1, 0.15) is 0 Å². The van der Waals surface area contributed by atoms with Crippen molar-refractivity contribution in [2.75, 3.05) is 7.11 Å². The van der Waals surface area contributed by atoms with Gasteiger partial charge in [0.15, 0.2) is 5.05 Å². The zero-order valence-corrected chi connectivity index (χ0v) is 8.66. The molecule has 0 unspecified atom stereocenters. The third-order valence-corrected chi connectivity index (χ3v) is 1.19. The van der Waals surface area contributed by atoms with Gasteiger partial charge in [0.2, 0.25) is 0 Å². The first-order chi connectivity index (χ1) is 3.72. The molecule has 0 rings (SSSR count). The van der Waals surface area contributed by atoms with Crippen LogP contribution in [0.3, 0.4) is 0 Å². The zero-order chi connectivity index (χ0) is 6.57. The Morgan fingerprint density at radius 3 is 2.22 bits per heavy atom. The third kappa shape index (κ3) is 4.90. The second-order valence-corrected chi connectivity index (χ2v) is 1.67. The number of thiocarbonyl (C=S) groups is 1. The van der Waals surface area contributed by atoms with Gasteiger partial charge in [-0.15, -0.1) is 0 Å². The average molecular weight is 155 g/mol. The van der Waals surface area contributed by atoms with E-state index in [1.807, 2.05) is 0 Å². The first-order valence-corrected chi connectivity index (χ1v) is 2.52. The van der Waals surface area contributed by atoms with Crippen LogP contribution in [-0.2, 0) is 4.74 Å². The van der Waals surface area contributed by atoms with E-state index >= 15 is 0 Å². The van der Waals surface area contributed by atoms with Crippen LogP contribution in [0, 0.1) is 0 Å². The van der Waals surface area contributed by atoms with Crippen LogP contribution in [-0.4, -0.2) is 46.8 Å². The molecule has 4 heteroatoms. The number of ether oxygens (including phenoxy) is 1.